The third kappa shape index (κ3) is 5.39. The van der Waals surface area contributed by atoms with E-state index in [2.05, 4.69) is 22.1 Å². The van der Waals surface area contributed by atoms with Crippen molar-refractivity contribution in [2.24, 2.45) is 0 Å². The van der Waals surface area contributed by atoms with Crippen LogP contribution in [0.25, 0.3) is 0 Å². The molecule has 1 aliphatic heterocycles. The summed E-state index contributed by atoms with van der Waals surface area (Å²) in [6, 6.07) is 4.05. The summed E-state index contributed by atoms with van der Waals surface area (Å²) in [5.74, 6) is 0.113. The summed E-state index contributed by atoms with van der Waals surface area (Å²) in [6.07, 6.45) is 4.16. The second-order valence-corrected chi connectivity index (χ2v) is 5.85. The van der Waals surface area contributed by atoms with Crippen molar-refractivity contribution in [3.8, 4) is 0 Å². The van der Waals surface area contributed by atoms with E-state index in [4.69, 9.17) is 4.74 Å². The average Bonchev–Trinajstić information content (AvgIpc) is 2.54. The van der Waals surface area contributed by atoms with Gasteiger partial charge < -0.3 is 10.1 Å². The van der Waals surface area contributed by atoms with Gasteiger partial charge in [-0.2, -0.15) is 0 Å². The summed E-state index contributed by atoms with van der Waals surface area (Å²) >= 11 is 0. The van der Waals surface area contributed by atoms with Crippen LogP contribution in [0.2, 0.25) is 0 Å². The quantitative estimate of drug-likeness (QED) is 0.838. The van der Waals surface area contributed by atoms with E-state index in [1.165, 1.54) is 0 Å². The summed E-state index contributed by atoms with van der Waals surface area (Å²) in [5.41, 5.74) is 2.07. The number of rotatable bonds is 7. The molecule has 2 heterocycles. The minimum atomic E-state index is 0.0106. The van der Waals surface area contributed by atoms with Gasteiger partial charge in [-0.05, 0) is 37.9 Å². The molecule has 1 amide bonds. The zero-order valence-electron chi connectivity index (χ0n) is 13.7. The van der Waals surface area contributed by atoms with Crippen LogP contribution >= 0.6 is 0 Å². The number of nitrogens with zero attached hydrogens (tertiary/aromatic N) is 2. The van der Waals surface area contributed by atoms with Crippen LogP contribution in [-0.4, -0.2) is 48.6 Å². The highest BCUT2D eigenvalue weighted by Crippen LogP contribution is 2.14. The highest BCUT2D eigenvalue weighted by atomic mass is 16.5. The van der Waals surface area contributed by atoms with E-state index in [9.17, 15) is 4.79 Å². The lowest BCUT2D eigenvalue weighted by Gasteiger charge is -2.26. The molecule has 5 nitrogen and oxygen atoms in total. The fraction of sp³-hybridized carbons (Fsp3) is 0.647. The van der Waals surface area contributed by atoms with Gasteiger partial charge in [0, 0.05) is 25.7 Å². The molecule has 1 aromatic rings. The molecule has 1 fully saturated rings. The van der Waals surface area contributed by atoms with Crippen LogP contribution in [0, 0.1) is 6.92 Å². The number of carbonyl (C=O) groups is 1. The molecule has 5 heteroatoms. The molecule has 22 heavy (non-hydrogen) atoms. The number of hydrogen-bond acceptors (Lipinski definition) is 4. The molecule has 1 aromatic heterocycles. The van der Waals surface area contributed by atoms with Gasteiger partial charge in [-0.1, -0.05) is 13.0 Å². The van der Waals surface area contributed by atoms with Crippen LogP contribution in [0.1, 0.15) is 43.5 Å². The van der Waals surface area contributed by atoms with E-state index in [1.54, 1.807) is 0 Å². The number of ether oxygens (including phenoxy) is 1. The van der Waals surface area contributed by atoms with Gasteiger partial charge in [-0.25, -0.2) is 0 Å². The van der Waals surface area contributed by atoms with Gasteiger partial charge in [0.25, 0.3) is 0 Å². The molecule has 0 saturated carbocycles. The van der Waals surface area contributed by atoms with Crippen LogP contribution in [0.4, 0.5) is 0 Å². The molecule has 1 saturated heterocycles. The largest absolute Gasteiger partial charge is 0.379 e. The third-order valence-corrected chi connectivity index (χ3v) is 4.02. The number of amides is 1. The minimum absolute atomic E-state index is 0.0106. The molecule has 0 aliphatic carbocycles. The number of aromatic nitrogens is 1. The Morgan fingerprint density at radius 1 is 1.41 bits per heavy atom. The smallest absolute Gasteiger partial charge is 0.220 e. The lowest BCUT2D eigenvalue weighted by molar-refractivity contribution is -0.122. The highest BCUT2D eigenvalue weighted by Gasteiger charge is 2.15. The number of pyridine rings is 1. The minimum Gasteiger partial charge on any atom is -0.379 e. The Kier molecular flexibility index (Phi) is 6.80. The molecule has 122 valence electrons. The Labute approximate surface area is 133 Å². The van der Waals surface area contributed by atoms with Gasteiger partial charge in [-0.15, -0.1) is 0 Å². The van der Waals surface area contributed by atoms with Crippen molar-refractivity contribution in [2.75, 3.05) is 32.8 Å². The molecule has 1 N–H and O–H groups in total. The van der Waals surface area contributed by atoms with Crippen molar-refractivity contribution in [3.05, 3.63) is 29.6 Å². The summed E-state index contributed by atoms with van der Waals surface area (Å²) in [6.45, 7) is 8.63. The van der Waals surface area contributed by atoms with Gasteiger partial charge in [-0.3, -0.25) is 14.7 Å². The second-order valence-electron chi connectivity index (χ2n) is 5.85. The zero-order valence-corrected chi connectivity index (χ0v) is 13.7. The number of carbonyl (C=O) groups excluding carboxylic acids is 1. The topological polar surface area (TPSA) is 54.5 Å². The van der Waals surface area contributed by atoms with Crippen LogP contribution < -0.4 is 5.32 Å². The first-order valence-electron chi connectivity index (χ1n) is 8.21. The first-order valence-corrected chi connectivity index (χ1v) is 8.21. The molecule has 1 aliphatic rings. The number of nitrogens with one attached hydrogen (secondary N) is 1. The van der Waals surface area contributed by atoms with Gasteiger partial charge in [0.15, 0.2) is 0 Å². The van der Waals surface area contributed by atoms with Crippen molar-refractivity contribution in [3.63, 3.8) is 0 Å². The first-order chi connectivity index (χ1) is 10.7. The van der Waals surface area contributed by atoms with Crippen LogP contribution in [0.15, 0.2) is 18.3 Å². The van der Waals surface area contributed by atoms with Crippen molar-refractivity contribution in [2.45, 2.75) is 39.2 Å². The monoisotopic (exact) mass is 305 g/mol. The maximum Gasteiger partial charge on any atom is 0.220 e. The Balaban J connectivity index is 1.73. The average molecular weight is 305 g/mol. The maximum atomic E-state index is 12.1. The fourth-order valence-corrected chi connectivity index (χ4v) is 2.63. The van der Waals surface area contributed by atoms with Crippen LogP contribution in [-0.2, 0) is 9.53 Å². The van der Waals surface area contributed by atoms with E-state index in [0.717, 1.165) is 56.9 Å². The predicted octanol–water partition coefficient (Wildman–Crippen LogP) is 2.07. The number of morpholine rings is 1. The Bertz CT molecular complexity index is 455. The van der Waals surface area contributed by atoms with Crippen LogP contribution in [0.3, 0.4) is 0 Å². The van der Waals surface area contributed by atoms with E-state index >= 15 is 0 Å². The SMILES string of the molecule is CC[C@@H](NC(=O)CCCN1CCOCC1)c1ccc(C)cn1. The number of aryl methyl sites for hydroxylation is 1. The molecule has 0 radical (unpaired) electrons. The molecule has 0 bridgehead atoms. The second kappa shape index (κ2) is 8.86. The van der Waals surface area contributed by atoms with E-state index in [0.29, 0.717) is 6.42 Å². The molecule has 0 unspecified atom stereocenters. The molecular formula is C17H27N3O2. The highest BCUT2D eigenvalue weighted by molar-refractivity contribution is 5.76. The van der Waals surface area contributed by atoms with Gasteiger partial charge in [0.1, 0.15) is 0 Å². The lowest BCUT2D eigenvalue weighted by atomic mass is 10.1. The van der Waals surface area contributed by atoms with Gasteiger partial charge >= 0.3 is 0 Å². The fourth-order valence-electron chi connectivity index (χ4n) is 2.63. The third-order valence-electron chi connectivity index (χ3n) is 4.02. The Hall–Kier alpha value is -1.46. The first kappa shape index (κ1) is 16.9. The van der Waals surface area contributed by atoms with E-state index in [1.807, 2.05) is 25.3 Å². The summed E-state index contributed by atoms with van der Waals surface area (Å²) in [4.78, 5) is 18.9. The lowest BCUT2D eigenvalue weighted by Crippen LogP contribution is -2.37. The summed E-state index contributed by atoms with van der Waals surface area (Å²) in [7, 11) is 0. The summed E-state index contributed by atoms with van der Waals surface area (Å²) < 4.78 is 5.32. The van der Waals surface area contributed by atoms with Crippen molar-refractivity contribution in [1.29, 1.82) is 0 Å². The Morgan fingerprint density at radius 3 is 2.82 bits per heavy atom. The number of hydrogen-bond donors (Lipinski definition) is 1. The molecular weight excluding hydrogens is 278 g/mol. The zero-order chi connectivity index (χ0) is 15.8. The summed E-state index contributed by atoms with van der Waals surface area (Å²) in [5, 5.41) is 3.10. The normalized spacial score (nSPS) is 17.2. The van der Waals surface area contributed by atoms with E-state index in [-0.39, 0.29) is 11.9 Å². The Morgan fingerprint density at radius 2 is 2.18 bits per heavy atom. The molecule has 2 rings (SSSR count). The standard InChI is InChI=1S/C17H27N3O2/c1-3-15(16-7-6-14(2)13-18-16)19-17(21)5-4-8-20-9-11-22-12-10-20/h6-7,13,15H,3-5,8-12H2,1-2H3,(H,19,21)/t15-/m1/s1. The molecule has 0 spiro atoms. The van der Waals surface area contributed by atoms with Crippen LogP contribution in [0.5, 0.6) is 0 Å². The van der Waals surface area contributed by atoms with Gasteiger partial charge in [0.05, 0.1) is 24.9 Å². The maximum absolute atomic E-state index is 12.1. The van der Waals surface area contributed by atoms with Gasteiger partial charge in [0.2, 0.25) is 5.91 Å². The van der Waals surface area contributed by atoms with E-state index < -0.39 is 0 Å². The van der Waals surface area contributed by atoms with Crippen molar-refractivity contribution < 1.29 is 9.53 Å². The predicted molar refractivity (Wildman–Crippen MR) is 86.6 cm³/mol. The molecule has 1 atom stereocenters. The van der Waals surface area contributed by atoms with Crippen molar-refractivity contribution >= 4 is 5.91 Å². The van der Waals surface area contributed by atoms with Crippen molar-refractivity contribution in [1.82, 2.24) is 15.2 Å². The molecule has 0 aromatic carbocycles.